The lowest BCUT2D eigenvalue weighted by Gasteiger charge is -2.22. The number of aromatic amines is 1. The number of halogens is 2. The van der Waals surface area contributed by atoms with E-state index in [1.54, 1.807) is 12.4 Å². The van der Waals surface area contributed by atoms with E-state index in [9.17, 15) is 4.79 Å². The third-order valence-corrected chi connectivity index (χ3v) is 2.61. The summed E-state index contributed by atoms with van der Waals surface area (Å²) in [7, 11) is 0. The van der Waals surface area contributed by atoms with Gasteiger partial charge in [0, 0.05) is 12.4 Å². The second kappa shape index (κ2) is 8.33. The molecule has 1 unspecified atom stereocenters. The second-order valence-electron chi connectivity index (χ2n) is 3.76. The van der Waals surface area contributed by atoms with Crippen molar-refractivity contribution in [3.05, 3.63) is 18.2 Å². The smallest absolute Gasteiger partial charge is 0.237 e. The van der Waals surface area contributed by atoms with Crippen LogP contribution in [0.25, 0.3) is 0 Å². The number of hydrogen-bond donors (Lipinski definition) is 3. The first-order chi connectivity index (χ1) is 7.36. The molecule has 0 spiro atoms. The van der Waals surface area contributed by atoms with E-state index in [0.29, 0.717) is 6.54 Å². The predicted octanol–water partition coefficient (Wildman–Crippen LogP) is 1.01. The molecule has 1 amide bonds. The van der Waals surface area contributed by atoms with Crippen LogP contribution < -0.4 is 10.6 Å². The van der Waals surface area contributed by atoms with Gasteiger partial charge in [-0.1, -0.05) is 6.42 Å². The summed E-state index contributed by atoms with van der Waals surface area (Å²) in [6.45, 7) is 1.42. The normalized spacial score (nSPS) is 18.7. The van der Waals surface area contributed by atoms with E-state index >= 15 is 0 Å². The van der Waals surface area contributed by atoms with E-state index in [1.807, 2.05) is 0 Å². The minimum Gasteiger partial charge on any atom is -0.348 e. The third-order valence-electron chi connectivity index (χ3n) is 2.61. The molecule has 1 fully saturated rings. The van der Waals surface area contributed by atoms with Crippen LogP contribution in [0.15, 0.2) is 12.4 Å². The Morgan fingerprint density at radius 3 is 2.88 bits per heavy atom. The minimum absolute atomic E-state index is 0. The average Bonchev–Trinajstić information content (AvgIpc) is 2.80. The number of H-pyrrole nitrogens is 1. The summed E-state index contributed by atoms with van der Waals surface area (Å²) >= 11 is 0. The first-order valence-corrected chi connectivity index (χ1v) is 5.35. The molecule has 1 atom stereocenters. The molecule has 98 valence electrons. The first kappa shape index (κ1) is 16.2. The zero-order chi connectivity index (χ0) is 10.5. The molecule has 1 saturated heterocycles. The molecule has 7 heteroatoms. The number of piperidine rings is 1. The van der Waals surface area contributed by atoms with Gasteiger partial charge in [-0.15, -0.1) is 24.8 Å². The average molecular weight is 281 g/mol. The Morgan fingerprint density at radius 1 is 1.47 bits per heavy atom. The molecule has 2 rings (SSSR count). The summed E-state index contributed by atoms with van der Waals surface area (Å²) in [6, 6.07) is -0.0197. The standard InChI is InChI=1S/C10H16N4O.2ClH/c15-10(8-3-1-2-4-11-8)14-7-9-12-5-6-13-9;;/h5-6,8,11H,1-4,7H2,(H,12,13)(H,14,15);2*1H. The van der Waals surface area contributed by atoms with Gasteiger partial charge in [0.2, 0.25) is 5.91 Å². The number of rotatable bonds is 3. The zero-order valence-electron chi connectivity index (χ0n) is 9.44. The lowest BCUT2D eigenvalue weighted by atomic mass is 10.0. The number of amides is 1. The monoisotopic (exact) mass is 280 g/mol. The van der Waals surface area contributed by atoms with Gasteiger partial charge < -0.3 is 15.6 Å². The van der Waals surface area contributed by atoms with Gasteiger partial charge in [-0.25, -0.2) is 4.98 Å². The van der Waals surface area contributed by atoms with Gasteiger partial charge in [0.1, 0.15) is 5.82 Å². The maximum atomic E-state index is 11.7. The quantitative estimate of drug-likeness (QED) is 0.774. The van der Waals surface area contributed by atoms with Crippen LogP contribution in [0.3, 0.4) is 0 Å². The summed E-state index contributed by atoms with van der Waals surface area (Å²) in [5.74, 6) is 0.866. The summed E-state index contributed by atoms with van der Waals surface area (Å²) in [5.41, 5.74) is 0. The zero-order valence-corrected chi connectivity index (χ0v) is 11.1. The van der Waals surface area contributed by atoms with Crippen LogP contribution in [0.1, 0.15) is 25.1 Å². The van der Waals surface area contributed by atoms with E-state index in [0.717, 1.165) is 25.2 Å². The number of imidazole rings is 1. The molecule has 5 nitrogen and oxygen atoms in total. The van der Waals surface area contributed by atoms with Gasteiger partial charge in [0.25, 0.3) is 0 Å². The van der Waals surface area contributed by atoms with Crippen molar-refractivity contribution >= 4 is 30.7 Å². The van der Waals surface area contributed by atoms with Gasteiger partial charge in [0.05, 0.1) is 12.6 Å². The molecular weight excluding hydrogens is 263 g/mol. The molecule has 1 aromatic heterocycles. The SMILES string of the molecule is Cl.Cl.O=C(NCc1ncc[nH]1)C1CCCCN1. The lowest BCUT2D eigenvalue weighted by molar-refractivity contribution is -0.123. The molecule has 1 aliphatic rings. The van der Waals surface area contributed by atoms with Gasteiger partial charge >= 0.3 is 0 Å². The van der Waals surface area contributed by atoms with E-state index in [4.69, 9.17) is 0 Å². The number of carbonyl (C=O) groups is 1. The maximum absolute atomic E-state index is 11.7. The van der Waals surface area contributed by atoms with Crippen LogP contribution in [0.5, 0.6) is 0 Å². The van der Waals surface area contributed by atoms with Gasteiger partial charge in [-0.3, -0.25) is 4.79 Å². The van der Waals surface area contributed by atoms with Crippen LogP contribution >= 0.6 is 24.8 Å². The Balaban J connectivity index is 0.00000128. The van der Waals surface area contributed by atoms with E-state index < -0.39 is 0 Å². The molecule has 0 radical (unpaired) electrons. The van der Waals surface area contributed by atoms with Crippen LogP contribution in [-0.2, 0) is 11.3 Å². The van der Waals surface area contributed by atoms with Crippen LogP contribution in [0.2, 0.25) is 0 Å². The third kappa shape index (κ3) is 4.93. The van der Waals surface area contributed by atoms with Crippen molar-refractivity contribution in [3.63, 3.8) is 0 Å². The molecule has 0 aromatic carbocycles. The van der Waals surface area contributed by atoms with Crippen molar-refractivity contribution in [2.45, 2.75) is 31.8 Å². The topological polar surface area (TPSA) is 69.8 Å². The second-order valence-corrected chi connectivity index (χ2v) is 3.76. The van der Waals surface area contributed by atoms with Crippen molar-refractivity contribution in [1.82, 2.24) is 20.6 Å². The van der Waals surface area contributed by atoms with Crippen molar-refractivity contribution < 1.29 is 4.79 Å². The molecule has 17 heavy (non-hydrogen) atoms. The van der Waals surface area contributed by atoms with Crippen molar-refractivity contribution in [3.8, 4) is 0 Å². The molecular formula is C10H18Cl2N4O. The van der Waals surface area contributed by atoms with Crippen LogP contribution in [0, 0.1) is 0 Å². The van der Waals surface area contributed by atoms with E-state index in [1.165, 1.54) is 6.42 Å². The molecule has 0 saturated carbocycles. The Hall–Kier alpha value is -0.780. The lowest BCUT2D eigenvalue weighted by Crippen LogP contribution is -2.46. The maximum Gasteiger partial charge on any atom is 0.237 e. The fraction of sp³-hybridized carbons (Fsp3) is 0.600. The number of nitrogens with one attached hydrogen (secondary N) is 3. The highest BCUT2D eigenvalue weighted by molar-refractivity contribution is 5.85. The van der Waals surface area contributed by atoms with Gasteiger partial charge in [-0.2, -0.15) is 0 Å². The van der Waals surface area contributed by atoms with Crippen LogP contribution in [0.4, 0.5) is 0 Å². The van der Waals surface area contributed by atoms with E-state index in [-0.39, 0.29) is 36.8 Å². The molecule has 0 bridgehead atoms. The molecule has 2 heterocycles. The van der Waals surface area contributed by atoms with E-state index in [2.05, 4.69) is 20.6 Å². The number of aromatic nitrogens is 2. The molecule has 3 N–H and O–H groups in total. The number of hydrogen-bond acceptors (Lipinski definition) is 3. The van der Waals surface area contributed by atoms with Gasteiger partial charge in [-0.05, 0) is 19.4 Å². The molecule has 0 aliphatic carbocycles. The highest BCUT2D eigenvalue weighted by Gasteiger charge is 2.19. The van der Waals surface area contributed by atoms with Crippen molar-refractivity contribution in [2.75, 3.05) is 6.54 Å². The summed E-state index contributed by atoms with van der Waals surface area (Å²) in [4.78, 5) is 18.7. The largest absolute Gasteiger partial charge is 0.348 e. The Labute approximate surface area is 113 Å². The highest BCUT2D eigenvalue weighted by atomic mass is 35.5. The highest BCUT2D eigenvalue weighted by Crippen LogP contribution is 2.06. The van der Waals surface area contributed by atoms with Gasteiger partial charge in [0.15, 0.2) is 0 Å². The number of nitrogens with zero attached hydrogens (tertiary/aromatic N) is 1. The summed E-state index contributed by atoms with van der Waals surface area (Å²) in [6.07, 6.45) is 6.67. The van der Waals surface area contributed by atoms with Crippen LogP contribution in [-0.4, -0.2) is 28.5 Å². The summed E-state index contributed by atoms with van der Waals surface area (Å²) in [5, 5.41) is 6.07. The molecule has 1 aliphatic heterocycles. The van der Waals surface area contributed by atoms with Crippen molar-refractivity contribution in [1.29, 1.82) is 0 Å². The van der Waals surface area contributed by atoms with Crippen molar-refractivity contribution in [2.24, 2.45) is 0 Å². The summed E-state index contributed by atoms with van der Waals surface area (Å²) < 4.78 is 0. The first-order valence-electron chi connectivity index (χ1n) is 5.35. The fourth-order valence-electron chi connectivity index (χ4n) is 1.76. The Kier molecular flexibility index (Phi) is 7.95. The fourth-order valence-corrected chi connectivity index (χ4v) is 1.76. The molecule has 1 aromatic rings. The minimum atomic E-state index is -0.0197. The predicted molar refractivity (Wildman–Crippen MR) is 70.6 cm³/mol. The number of carbonyl (C=O) groups excluding carboxylic acids is 1. The Bertz CT molecular complexity index is 312. The Morgan fingerprint density at radius 2 is 2.29 bits per heavy atom.